The van der Waals surface area contributed by atoms with Crippen LogP contribution in [0.25, 0.3) is 0 Å². The molecule has 0 heterocycles. The Kier molecular flexibility index (Phi) is 6.08. The first-order valence-corrected chi connectivity index (χ1v) is 7.76. The predicted octanol–water partition coefficient (Wildman–Crippen LogP) is 2.55. The number of ether oxygens (including phenoxy) is 1. The number of rotatable bonds is 7. The van der Waals surface area contributed by atoms with Gasteiger partial charge in [-0.2, -0.15) is 0 Å². The largest absolute Gasteiger partial charge is 0.477 e. The van der Waals surface area contributed by atoms with Crippen molar-refractivity contribution in [3.8, 4) is 5.75 Å². The van der Waals surface area contributed by atoms with Gasteiger partial charge in [-0.3, -0.25) is 14.9 Å². The molecule has 0 aliphatic carbocycles. The average Bonchev–Trinajstić information content (AvgIpc) is 2.65. The zero-order valence-electron chi connectivity index (χ0n) is 14.0. The van der Waals surface area contributed by atoms with Crippen molar-refractivity contribution in [2.75, 3.05) is 13.7 Å². The van der Waals surface area contributed by atoms with Crippen LogP contribution in [0.2, 0.25) is 0 Å². The third kappa shape index (κ3) is 4.54. The lowest BCUT2D eigenvalue weighted by molar-refractivity contribution is -0.385. The van der Waals surface area contributed by atoms with Crippen molar-refractivity contribution >= 4 is 11.6 Å². The Labute approximate surface area is 145 Å². The fourth-order valence-electron chi connectivity index (χ4n) is 2.34. The molecular formula is C18H20N2O5. The second kappa shape index (κ2) is 8.25. The van der Waals surface area contributed by atoms with Crippen LogP contribution in [0.1, 0.15) is 18.6 Å². The molecule has 0 spiro atoms. The van der Waals surface area contributed by atoms with E-state index in [-0.39, 0.29) is 24.0 Å². The number of amides is 1. The van der Waals surface area contributed by atoms with Gasteiger partial charge in [0.1, 0.15) is 0 Å². The van der Waals surface area contributed by atoms with E-state index in [1.807, 2.05) is 18.2 Å². The number of hydrogen-bond acceptors (Lipinski definition) is 5. The van der Waals surface area contributed by atoms with Crippen LogP contribution in [-0.2, 0) is 4.79 Å². The van der Waals surface area contributed by atoms with Crippen LogP contribution in [-0.4, -0.2) is 40.5 Å². The lowest BCUT2D eigenvalue weighted by atomic mass is 10.0. The number of aliphatic hydroxyl groups excluding tert-OH is 1. The second-order valence-electron chi connectivity index (χ2n) is 5.61. The molecule has 25 heavy (non-hydrogen) atoms. The summed E-state index contributed by atoms with van der Waals surface area (Å²) in [5.41, 5.74) is 0.504. The van der Waals surface area contributed by atoms with Gasteiger partial charge in [-0.15, -0.1) is 0 Å². The Bertz CT molecular complexity index is 735. The normalized spacial score (nSPS) is 12.9. The molecule has 2 rings (SSSR count). The Morgan fingerprint density at radius 1 is 1.20 bits per heavy atom. The number of para-hydroxylation sites is 2. The van der Waals surface area contributed by atoms with Gasteiger partial charge in [0.05, 0.1) is 17.1 Å². The van der Waals surface area contributed by atoms with E-state index in [9.17, 15) is 20.0 Å². The third-order valence-corrected chi connectivity index (χ3v) is 4.02. The van der Waals surface area contributed by atoms with Crippen molar-refractivity contribution < 1.29 is 19.6 Å². The van der Waals surface area contributed by atoms with Gasteiger partial charge in [0.25, 0.3) is 5.91 Å². The third-order valence-electron chi connectivity index (χ3n) is 4.02. The molecule has 1 amide bonds. The number of nitrogens with zero attached hydrogens (tertiary/aromatic N) is 2. The van der Waals surface area contributed by atoms with Crippen molar-refractivity contribution in [1.82, 2.24) is 4.90 Å². The summed E-state index contributed by atoms with van der Waals surface area (Å²) < 4.78 is 5.30. The summed E-state index contributed by atoms with van der Waals surface area (Å²) in [6.45, 7) is 1.37. The Balaban J connectivity index is 2.00. The molecule has 0 aliphatic heterocycles. The molecule has 132 valence electrons. The van der Waals surface area contributed by atoms with Gasteiger partial charge < -0.3 is 14.7 Å². The minimum Gasteiger partial charge on any atom is -0.477 e. The highest BCUT2D eigenvalue weighted by Crippen LogP contribution is 2.26. The minimum atomic E-state index is -0.846. The molecule has 2 aromatic carbocycles. The quantitative estimate of drug-likeness (QED) is 0.615. The molecule has 1 N–H and O–H groups in total. The molecule has 0 saturated heterocycles. The fourth-order valence-corrected chi connectivity index (χ4v) is 2.34. The number of benzene rings is 2. The summed E-state index contributed by atoms with van der Waals surface area (Å²) in [4.78, 5) is 24.0. The molecule has 0 aliphatic rings. The fraction of sp³-hybridized carbons (Fsp3) is 0.278. The maximum Gasteiger partial charge on any atom is 0.310 e. The van der Waals surface area contributed by atoms with Crippen molar-refractivity contribution in [2.45, 2.75) is 19.1 Å². The summed E-state index contributed by atoms with van der Waals surface area (Å²) >= 11 is 0. The van der Waals surface area contributed by atoms with Crippen molar-refractivity contribution in [3.05, 3.63) is 70.3 Å². The minimum absolute atomic E-state index is 0.0329. The molecule has 0 radical (unpaired) electrons. The Hall–Kier alpha value is -2.93. The van der Waals surface area contributed by atoms with E-state index >= 15 is 0 Å². The standard InChI is InChI=1S/C18H20N2O5/c1-13(18(22)14-8-4-3-5-9-14)19(2)17(21)12-25-16-11-7-6-10-15(16)20(23)24/h3-11,13,18,22H,12H2,1-2H3. The SMILES string of the molecule is CC(C(O)c1ccccc1)N(C)C(=O)COc1ccccc1[N+](=O)[O-]. The van der Waals surface area contributed by atoms with E-state index < -0.39 is 17.1 Å². The van der Waals surface area contributed by atoms with Crippen molar-refractivity contribution in [1.29, 1.82) is 0 Å². The van der Waals surface area contributed by atoms with Gasteiger partial charge in [0, 0.05) is 13.1 Å². The first-order valence-electron chi connectivity index (χ1n) is 7.76. The van der Waals surface area contributed by atoms with Gasteiger partial charge >= 0.3 is 5.69 Å². The molecule has 7 heteroatoms. The summed E-state index contributed by atoms with van der Waals surface area (Å²) in [6.07, 6.45) is -0.846. The topological polar surface area (TPSA) is 92.9 Å². The monoisotopic (exact) mass is 344 g/mol. The van der Waals surface area contributed by atoms with Crippen LogP contribution in [0.15, 0.2) is 54.6 Å². The second-order valence-corrected chi connectivity index (χ2v) is 5.61. The van der Waals surface area contributed by atoms with Crippen LogP contribution in [0.5, 0.6) is 5.75 Å². The first-order chi connectivity index (χ1) is 11.9. The molecular weight excluding hydrogens is 324 g/mol. The number of nitro benzene ring substituents is 1. The summed E-state index contributed by atoms with van der Waals surface area (Å²) in [6, 6.07) is 14.4. The highest BCUT2D eigenvalue weighted by Gasteiger charge is 2.25. The van der Waals surface area contributed by atoms with E-state index in [0.29, 0.717) is 5.56 Å². The number of hydrogen-bond donors (Lipinski definition) is 1. The predicted molar refractivity (Wildman–Crippen MR) is 92.2 cm³/mol. The lowest BCUT2D eigenvalue weighted by Gasteiger charge is -2.29. The van der Waals surface area contributed by atoms with Crippen LogP contribution >= 0.6 is 0 Å². The van der Waals surface area contributed by atoms with Gasteiger partial charge in [-0.25, -0.2) is 0 Å². The van der Waals surface area contributed by atoms with Gasteiger partial charge in [0.2, 0.25) is 0 Å². The Morgan fingerprint density at radius 3 is 2.44 bits per heavy atom. The average molecular weight is 344 g/mol. The van der Waals surface area contributed by atoms with Crippen molar-refractivity contribution in [3.63, 3.8) is 0 Å². The number of likely N-dealkylation sites (N-methyl/N-ethyl adjacent to an activating group) is 1. The maximum absolute atomic E-state index is 12.3. The zero-order valence-corrected chi connectivity index (χ0v) is 14.0. The van der Waals surface area contributed by atoms with E-state index in [1.165, 1.54) is 23.1 Å². The van der Waals surface area contributed by atoms with Crippen LogP contribution in [0.4, 0.5) is 5.69 Å². The molecule has 0 aromatic heterocycles. The van der Waals surface area contributed by atoms with E-state index in [1.54, 1.807) is 32.2 Å². The molecule has 0 bridgehead atoms. The molecule has 2 atom stereocenters. The molecule has 0 fully saturated rings. The number of carbonyl (C=O) groups excluding carboxylic acids is 1. The van der Waals surface area contributed by atoms with Gasteiger partial charge in [-0.05, 0) is 18.6 Å². The smallest absolute Gasteiger partial charge is 0.310 e. The number of aliphatic hydroxyl groups is 1. The number of carbonyl (C=O) groups is 1. The van der Waals surface area contributed by atoms with Gasteiger partial charge in [0.15, 0.2) is 12.4 Å². The van der Waals surface area contributed by atoms with E-state index in [4.69, 9.17) is 4.74 Å². The highest BCUT2D eigenvalue weighted by atomic mass is 16.6. The van der Waals surface area contributed by atoms with Crippen LogP contribution in [0.3, 0.4) is 0 Å². The molecule has 7 nitrogen and oxygen atoms in total. The summed E-state index contributed by atoms with van der Waals surface area (Å²) in [5.74, 6) is -0.355. The maximum atomic E-state index is 12.3. The molecule has 2 aromatic rings. The van der Waals surface area contributed by atoms with Crippen LogP contribution < -0.4 is 4.74 Å². The van der Waals surface area contributed by atoms with Gasteiger partial charge in [-0.1, -0.05) is 42.5 Å². The van der Waals surface area contributed by atoms with E-state index in [0.717, 1.165) is 0 Å². The Morgan fingerprint density at radius 2 is 1.80 bits per heavy atom. The molecule has 0 saturated carbocycles. The molecule has 2 unspecified atom stereocenters. The lowest BCUT2D eigenvalue weighted by Crippen LogP contribution is -2.41. The summed E-state index contributed by atoms with van der Waals surface area (Å²) in [7, 11) is 1.56. The van der Waals surface area contributed by atoms with Crippen molar-refractivity contribution in [2.24, 2.45) is 0 Å². The number of nitro groups is 1. The zero-order chi connectivity index (χ0) is 18.4. The van der Waals surface area contributed by atoms with Crippen LogP contribution in [0, 0.1) is 10.1 Å². The summed E-state index contributed by atoms with van der Waals surface area (Å²) in [5, 5.41) is 21.3. The first kappa shape index (κ1) is 18.4. The van der Waals surface area contributed by atoms with E-state index in [2.05, 4.69) is 0 Å². The highest BCUT2D eigenvalue weighted by molar-refractivity contribution is 5.78.